The zero-order valence-electron chi connectivity index (χ0n) is 20.0. The Labute approximate surface area is 196 Å². The van der Waals surface area contributed by atoms with E-state index in [1.54, 1.807) is 18.9 Å². The van der Waals surface area contributed by atoms with E-state index in [2.05, 4.69) is 29.6 Å². The number of carbonyl (C=O) groups excluding carboxylic acids is 2. The molecule has 2 atom stereocenters. The highest BCUT2D eigenvalue weighted by molar-refractivity contribution is 5.89. The molecule has 33 heavy (non-hydrogen) atoms. The van der Waals surface area contributed by atoms with E-state index in [0.717, 1.165) is 34.1 Å². The minimum atomic E-state index is -0.579. The molecule has 2 amide bonds. The Morgan fingerprint density at radius 3 is 2.48 bits per heavy atom. The van der Waals surface area contributed by atoms with Crippen molar-refractivity contribution < 1.29 is 14.3 Å². The third-order valence-corrected chi connectivity index (χ3v) is 6.14. The van der Waals surface area contributed by atoms with Crippen LogP contribution in [0.4, 0.5) is 0 Å². The molecule has 174 valence electrons. The molecule has 0 saturated carbocycles. The summed E-state index contributed by atoms with van der Waals surface area (Å²) in [6, 6.07) is 21.5. The fourth-order valence-corrected chi connectivity index (χ4v) is 3.91. The molecular weight excluding hydrogens is 412 g/mol. The molecule has 3 aromatic carbocycles. The number of aryl methyl sites for hydroxylation is 1. The van der Waals surface area contributed by atoms with E-state index in [4.69, 9.17) is 4.74 Å². The lowest BCUT2D eigenvalue weighted by Gasteiger charge is -2.30. The number of hydrogen-bond donors (Lipinski definition) is 1. The summed E-state index contributed by atoms with van der Waals surface area (Å²) in [6.07, 6.45) is 1.79. The Kier molecular flexibility index (Phi) is 8.47. The van der Waals surface area contributed by atoms with E-state index in [-0.39, 0.29) is 17.9 Å². The molecule has 0 aliphatic rings. The Morgan fingerprint density at radius 2 is 1.73 bits per heavy atom. The van der Waals surface area contributed by atoms with E-state index in [0.29, 0.717) is 19.4 Å². The first-order valence-electron chi connectivity index (χ1n) is 11.6. The fourth-order valence-electron chi connectivity index (χ4n) is 3.91. The second kappa shape index (κ2) is 11.5. The van der Waals surface area contributed by atoms with Crippen molar-refractivity contribution in [3.63, 3.8) is 0 Å². The lowest BCUT2D eigenvalue weighted by atomic mass is 10.0. The Morgan fingerprint density at radius 1 is 1.00 bits per heavy atom. The van der Waals surface area contributed by atoms with Crippen molar-refractivity contribution in [2.45, 2.75) is 58.7 Å². The molecule has 0 bridgehead atoms. The average Bonchev–Trinajstić information content (AvgIpc) is 2.85. The zero-order valence-corrected chi connectivity index (χ0v) is 20.0. The number of amides is 2. The molecule has 0 aliphatic heterocycles. The number of rotatable bonds is 10. The van der Waals surface area contributed by atoms with Crippen LogP contribution in [0.3, 0.4) is 0 Å². The second-order valence-corrected chi connectivity index (χ2v) is 8.51. The summed E-state index contributed by atoms with van der Waals surface area (Å²) in [5.41, 5.74) is 2.07. The number of methoxy groups -OCH3 is 1. The highest BCUT2D eigenvalue weighted by atomic mass is 16.5. The molecule has 0 fully saturated rings. The molecule has 3 aromatic rings. The van der Waals surface area contributed by atoms with Gasteiger partial charge in [-0.05, 0) is 60.7 Å². The van der Waals surface area contributed by atoms with Gasteiger partial charge >= 0.3 is 0 Å². The molecule has 1 N–H and O–H groups in total. The molecule has 0 heterocycles. The van der Waals surface area contributed by atoms with Crippen LogP contribution in [0.15, 0.2) is 66.7 Å². The summed E-state index contributed by atoms with van der Waals surface area (Å²) < 4.78 is 5.34. The van der Waals surface area contributed by atoms with Crippen LogP contribution in [0.5, 0.6) is 5.75 Å². The molecule has 5 nitrogen and oxygen atoms in total. The third kappa shape index (κ3) is 6.35. The molecule has 2 unspecified atom stereocenters. The number of nitrogens with zero attached hydrogens (tertiary/aromatic N) is 1. The summed E-state index contributed by atoms with van der Waals surface area (Å²) in [7, 11) is 1.62. The van der Waals surface area contributed by atoms with Crippen molar-refractivity contribution >= 4 is 22.6 Å². The maximum Gasteiger partial charge on any atom is 0.242 e. The van der Waals surface area contributed by atoms with Crippen LogP contribution in [0.1, 0.15) is 44.7 Å². The van der Waals surface area contributed by atoms with Gasteiger partial charge in [0.15, 0.2) is 0 Å². The predicted octanol–water partition coefficient (Wildman–Crippen LogP) is 5.11. The van der Waals surface area contributed by atoms with E-state index < -0.39 is 6.04 Å². The number of fused-ring (bicyclic) bond motifs is 1. The van der Waals surface area contributed by atoms with Crippen LogP contribution < -0.4 is 10.1 Å². The van der Waals surface area contributed by atoms with Crippen LogP contribution in [0, 0.1) is 0 Å². The topological polar surface area (TPSA) is 58.6 Å². The van der Waals surface area contributed by atoms with Gasteiger partial charge in [-0.2, -0.15) is 0 Å². The molecule has 0 saturated heterocycles. The maximum absolute atomic E-state index is 13.4. The van der Waals surface area contributed by atoms with Gasteiger partial charge in [0.2, 0.25) is 11.8 Å². The number of ether oxygens (including phenoxy) is 1. The van der Waals surface area contributed by atoms with Crippen LogP contribution in [0.2, 0.25) is 0 Å². The quantitative estimate of drug-likeness (QED) is 0.471. The van der Waals surface area contributed by atoms with Crippen molar-refractivity contribution in [1.82, 2.24) is 10.2 Å². The zero-order chi connectivity index (χ0) is 23.8. The number of benzene rings is 3. The lowest BCUT2D eigenvalue weighted by Crippen LogP contribution is -2.49. The highest BCUT2D eigenvalue weighted by Gasteiger charge is 2.26. The highest BCUT2D eigenvalue weighted by Crippen LogP contribution is 2.21. The summed E-state index contributed by atoms with van der Waals surface area (Å²) in [6.45, 7) is 6.15. The molecule has 0 radical (unpaired) electrons. The van der Waals surface area contributed by atoms with E-state index in [1.165, 1.54) is 0 Å². The van der Waals surface area contributed by atoms with Gasteiger partial charge in [0, 0.05) is 19.0 Å². The van der Waals surface area contributed by atoms with Gasteiger partial charge in [0.25, 0.3) is 0 Å². The predicted molar refractivity (Wildman–Crippen MR) is 133 cm³/mol. The van der Waals surface area contributed by atoms with Crippen LogP contribution in [0.25, 0.3) is 10.8 Å². The monoisotopic (exact) mass is 446 g/mol. The molecule has 0 aromatic heterocycles. The summed E-state index contributed by atoms with van der Waals surface area (Å²) in [5, 5.41) is 5.34. The SMILES string of the molecule is CCC(C)NC(=O)C(C)N(Cc1cccc(OC)c1)C(=O)CCc1cccc2ccccc12. The van der Waals surface area contributed by atoms with Crippen molar-refractivity contribution in [3.8, 4) is 5.75 Å². The summed E-state index contributed by atoms with van der Waals surface area (Å²) in [5.74, 6) is 0.552. The minimum Gasteiger partial charge on any atom is -0.497 e. The van der Waals surface area contributed by atoms with Gasteiger partial charge in [-0.3, -0.25) is 9.59 Å². The van der Waals surface area contributed by atoms with Gasteiger partial charge in [-0.25, -0.2) is 0 Å². The molecule has 3 rings (SSSR count). The minimum absolute atomic E-state index is 0.0439. The standard InChI is InChI=1S/C28H34N2O3/c1-5-20(2)29-28(32)21(3)30(19-22-10-8-14-25(18-22)33-4)27(31)17-16-24-13-9-12-23-11-6-7-15-26(23)24/h6-15,18,20-21H,5,16-17,19H2,1-4H3,(H,29,32). The lowest BCUT2D eigenvalue weighted by molar-refractivity contribution is -0.140. The first kappa shape index (κ1) is 24.3. The average molecular weight is 447 g/mol. The van der Waals surface area contributed by atoms with Crippen LogP contribution in [-0.2, 0) is 22.6 Å². The first-order valence-corrected chi connectivity index (χ1v) is 11.6. The second-order valence-electron chi connectivity index (χ2n) is 8.51. The van der Waals surface area contributed by atoms with Crippen LogP contribution >= 0.6 is 0 Å². The molecule has 5 heteroatoms. The largest absolute Gasteiger partial charge is 0.497 e. The van der Waals surface area contributed by atoms with Gasteiger partial charge < -0.3 is 15.0 Å². The molecule has 0 spiro atoms. The Hall–Kier alpha value is -3.34. The number of nitrogens with one attached hydrogen (secondary N) is 1. The van der Waals surface area contributed by atoms with Crippen molar-refractivity contribution in [2.24, 2.45) is 0 Å². The van der Waals surface area contributed by atoms with E-state index in [9.17, 15) is 9.59 Å². The Balaban J connectivity index is 1.80. The normalized spacial score (nSPS) is 12.7. The van der Waals surface area contributed by atoms with Crippen LogP contribution in [-0.4, -0.2) is 35.9 Å². The smallest absolute Gasteiger partial charge is 0.242 e. The maximum atomic E-state index is 13.4. The van der Waals surface area contributed by atoms with Gasteiger partial charge in [-0.15, -0.1) is 0 Å². The number of hydrogen-bond acceptors (Lipinski definition) is 3. The summed E-state index contributed by atoms with van der Waals surface area (Å²) >= 11 is 0. The third-order valence-electron chi connectivity index (χ3n) is 6.14. The van der Waals surface area contributed by atoms with E-state index in [1.807, 2.05) is 56.3 Å². The fraction of sp³-hybridized carbons (Fsp3) is 0.357. The van der Waals surface area contributed by atoms with Crippen molar-refractivity contribution in [1.29, 1.82) is 0 Å². The Bertz CT molecular complexity index is 1090. The molecular formula is C28H34N2O3. The first-order chi connectivity index (χ1) is 15.9. The van der Waals surface area contributed by atoms with Crippen molar-refractivity contribution in [3.05, 3.63) is 77.9 Å². The summed E-state index contributed by atoms with van der Waals surface area (Å²) in [4.78, 5) is 28.0. The molecule has 0 aliphatic carbocycles. The number of carbonyl (C=O) groups is 2. The van der Waals surface area contributed by atoms with Gasteiger partial charge in [0.1, 0.15) is 11.8 Å². The van der Waals surface area contributed by atoms with Gasteiger partial charge in [0.05, 0.1) is 7.11 Å². The van der Waals surface area contributed by atoms with Crippen molar-refractivity contribution in [2.75, 3.05) is 7.11 Å². The van der Waals surface area contributed by atoms with Gasteiger partial charge in [-0.1, -0.05) is 61.5 Å². The van der Waals surface area contributed by atoms with E-state index >= 15 is 0 Å².